The first kappa shape index (κ1) is 22.6. The second-order valence-corrected chi connectivity index (χ2v) is 9.67. The van der Waals surface area contributed by atoms with Crippen molar-refractivity contribution in [2.45, 2.75) is 56.2 Å². The van der Waals surface area contributed by atoms with Gasteiger partial charge in [0.15, 0.2) is 0 Å². The standard InChI is InChI=1S/C20H25Cl2N2O2.In/c1-4-5-6-7-8-9-12-26-20-18(14(2)23-24(20)3)19(25)16-11-10-15(21)13-17(16)22;/h10-13H,4-9H2,1-3H3;. The SMILES string of the molecule is CCCCCCC[CH]([In])Oc1c(C(=O)c2ccc(Cl)cc2Cl)c(C)nn1C. The number of nitrogens with zero attached hydrogens (tertiary/aromatic N) is 2. The number of aryl methyl sites for hydroxylation is 2. The summed E-state index contributed by atoms with van der Waals surface area (Å²) in [6, 6.07) is 4.89. The van der Waals surface area contributed by atoms with Crippen LogP contribution in [0.1, 0.15) is 67.1 Å². The summed E-state index contributed by atoms with van der Waals surface area (Å²) in [5.41, 5.74) is 1.52. The van der Waals surface area contributed by atoms with Crippen LogP contribution in [0.15, 0.2) is 18.2 Å². The molecule has 1 heterocycles. The second-order valence-electron chi connectivity index (χ2n) is 6.70. The Labute approximate surface area is 186 Å². The zero-order chi connectivity index (χ0) is 20.0. The van der Waals surface area contributed by atoms with E-state index in [0.717, 1.165) is 37.2 Å². The van der Waals surface area contributed by atoms with Crippen molar-refractivity contribution in [3.05, 3.63) is 45.1 Å². The Kier molecular flexibility index (Phi) is 9.03. The van der Waals surface area contributed by atoms with Crippen LogP contribution < -0.4 is 4.74 Å². The van der Waals surface area contributed by atoms with Crippen molar-refractivity contribution in [1.82, 2.24) is 9.78 Å². The van der Waals surface area contributed by atoms with Crippen LogP contribution in [0.5, 0.6) is 5.88 Å². The summed E-state index contributed by atoms with van der Waals surface area (Å²) in [7, 11) is 1.80. The molecule has 0 saturated carbocycles. The molecule has 144 valence electrons. The van der Waals surface area contributed by atoms with Gasteiger partial charge in [0.25, 0.3) is 0 Å². The molecule has 1 aromatic carbocycles. The Bertz CT molecular complexity index is 793. The van der Waals surface area contributed by atoms with Gasteiger partial charge in [-0.05, 0) is 0 Å². The monoisotopic (exact) mass is 510 g/mol. The van der Waals surface area contributed by atoms with Gasteiger partial charge >= 0.3 is 187 Å². The van der Waals surface area contributed by atoms with Crippen molar-refractivity contribution >= 4 is 53.4 Å². The van der Waals surface area contributed by atoms with Crippen LogP contribution >= 0.6 is 23.2 Å². The van der Waals surface area contributed by atoms with Gasteiger partial charge in [-0.15, -0.1) is 0 Å². The molecule has 2 radical (unpaired) electrons. The summed E-state index contributed by atoms with van der Waals surface area (Å²) in [5, 5.41) is 5.23. The molecule has 2 aromatic rings. The number of aromatic nitrogens is 2. The predicted molar refractivity (Wildman–Crippen MR) is 111 cm³/mol. The van der Waals surface area contributed by atoms with E-state index in [2.05, 4.69) is 12.0 Å². The van der Waals surface area contributed by atoms with Crippen molar-refractivity contribution in [2.75, 3.05) is 0 Å². The molecule has 0 aliphatic heterocycles. The Hall–Kier alpha value is -0.650. The molecule has 1 unspecified atom stereocenters. The van der Waals surface area contributed by atoms with E-state index in [4.69, 9.17) is 27.9 Å². The van der Waals surface area contributed by atoms with Crippen LogP contribution in [0.3, 0.4) is 0 Å². The molecule has 0 aliphatic carbocycles. The van der Waals surface area contributed by atoms with Crippen LogP contribution in [0, 0.1) is 6.92 Å². The van der Waals surface area contributed by atoms with E-state index in [1.165, 1.54) is 25.7 Å². The number of carbonyl (C=O) groups is 1. The summed E-state index contributed by atoms with van der Waals surface area (Å²) < 4.78 is 7.96. The minimum atomic E-state index is -0.187. The first-order valence-corrected chi connectivity index (χ1v) is 12.0. The third kappa shape index (κ3) is 6.16. The molecular weight excluding hydrogens is 486 g/mol. The number of hydrogen-bond acceptors (Lipinski definition) is 3. The Balaban J connectivity index is 2.15. The third-order valence-electron chi connectivity index (χ3n) is 4.43. The van der Waals surface area contributed by atoms with Gasteiger partial charge in [-0.3, -0.25) is 0 Å². The van der Waals surface area contributed by atoms with E-state index in [9.17, 15) is 4.79 Å². The van der Waals surface area contributed by atoms with E-state index in [1.54, 1.807) is 29.9 Å². The van der Waals surface area contributed by atoms with Crippen LogP contribution in [0.4, 0.5) is 0 Å². The van der Waals surface area contributed by atoms with Crippen molar-refractivity contribution in [3.8, 4) is 5.88 Å². The number of benzene rings is 1. The number of hydrogen-bond donors (Lipinski definition) is 0. The van der Waals surface area contributed by atoms with E-state index < -0.39 is 0 Å². The predicted octanol–water partition coefficient (Wildman–Crippen LogP) is 5.50. The molecule has 2 rings (SSSR count). The van der Waals surface area contributed by atoms with Crippen LogP contribution in [-0.2, 0) is 7.05 Å². The minimum absolute atomic E-state index is 0.138. The Morgan fingerprint density at radius 1 is 1.26 bits per heavy atom. The van der Waals surface area contributed by atoms with Crippen molar-refractivity contribution < 1.29 is 9.53 Å². The van der Waals surface area contributed by atoms with Gasteiger partial charge < -0.3 is 0 Å². The molecule has 0 amide bonds. The summed E-state index contributed by atoms with van der Waals surface area (Å²) in [5.74, 6) is 0.336. The van der Waals surface area contributed by atoms with Gasteiger partial charge in [0, 0.05) is 0 Å². The molecule has 4 nitrogen and oxygen atoms in total. The molecule has 0 spiro atoms. The topological polar surface area (TPSA) is 44.1 Å². The van der Waals surface area contributed by atoms with Crippen molar-refractivity contribution in [2.24, 2.45) is 7.05 Å². The number of unbranched alkanes of at least 4 members (excludes halogenated alkanes) is 4. The molecule has 27 heavy (non-hydrogen) atoms. The number of halogens is 2. The van der Waals surface area contributed by atoms with Crippen molar-refractivity contribution in [3.63, 3.8) is 0 Å². The number of ether oxygens (including phenoxy) is 1. The van der Waals surface area contributed by atoms with Crippen LogP contribution in [0.2, 0.25) is 10.0 Å². The van der Waals surface area contributed by atoms with Crippen molar-refractivity contribution in [1.29, 1.82) is 0 Å². The Morgan fingerprint density at radius 3 is 2.63 bits per heavy atom. The fourth-order valence-corrected chi connectivity index (χ4v) is 4.53. The molecule has 1 aromatic heterocycles. The molecule has 0 aliphatic rings. The molecule has 0 bridgehead atoms. The van der Waals surface area contributed by atoms with Gasteiger partial charge in [0.05, 0.1) is 0 Å². The molecule has 7 heteroatoms. The summed E-state index contributed by atoms with van der Waals surface area (Å²) in [4.78, 5) is 13.1. The van der Waals surface area contributed by atoms with Crippen LogP contribution in [0.25, 0.3) is 0 Å². The number of carbonyl (C=O) groups excluding carboxylic acids is 1. The zero-order valence-electron chi connectivity index (χ0n) is 16.1. The number of rotatable bonds is 10. The molecule has 0 N–H and O–H groups in total. The van der Waals surface area contributed by atoms with E-state index in [1.807, 2.05) is 6.92 Å². The van der Waals surface area contributed by atoms with E-state index in [0.29, 0.717) is 32.7 Å². The Morgan fingerprint density at radius 2 is 1.96 bits per heavy atom. The third-order valence-corrected chi connectivity index (χ3v) is 6.32. The van der Waals surface area contributed by atoms with Crippen LogP contribution in [-0.4, -0.2) is 43.8 Å². The van der Waals surface area contributed by atoms with Gasteiger partial charge in [-0.1, -0.05) is 0 Å². The fourth-order valence-electron chi connectivity index (χ4n) is 2.99. The van der Waals surface area contributed by atoms with Gasteiger partial charge in [-0.2, -0.15) is 0 Å². The average Bonchev–Trinajstić information content (AvgIpc) is 2.87. The van der Waals surface area contributed by atoms with E-state index >= 15 is 0 Å². The molecule has 1 atom stereocenters. The second kappa shape index (κ2) is 10.8. The molecule has 0 fully saturated rings. The fraction of sp³-hybridized carbons (Fsp3) is 0.500. The quantitative estimate of drug-likeness (QED) is 0.313. The normalized spacial score (nSPS) is 12.2. The maximum absolute atomic E-state index is 13.1. The maximum atomic E-state index is 13.1. The molecular formula is C20H25Cl2InN2O2. The average molecular weight is 511 g/mol. The molecule has 0 saturated heterocycles. The number of ketones is 1. The first-order valence-electron chi connectivity index (χ1n) is 9.30. The van der Waals surface area contributed by atoms with Gasteiger partial charge in [0.2, 0.25) is 0 Å². The summed E-state index contributed by atoms with van der Waals surface area (Å²) in [6.07, 6.45) is 7.18. The first-order chi connectivity index (χ1) is 12.8. The van der Waals surface area contributed by atoms with Gasteiger partial charge in [-0.25, -0.2) is 0 Å². The van der Waals surface area contributed by atoms with E-state index in [-0.39, 0.29) is 9.64 Å². The summed E-state index contributed by atoms with van der Waals surface area (Å²) in [6.45, 7) is 4.03. The zero-order valence-corrected chi connectivity index (χ0v) is 20.9. The van der Waals surface area contributed by atoms with Gasteiger partial charge in [0.1, 0.15) is 0 Å². The summed E-state index contributed by atoms with van der Waals surface area (Å²) >= 11 is 13.2.